The van der Waals surface area contributed by atoms with Crippen LogP contribution in [0.4, 0.5) is 0 Å². The number of nitrogens with zero attached hydrogens (tertiary/aromatic N) is 1. The van der Waals surface area contributed by atoms with Gasteiger partial charge < -0.3 is 20.3 Å². The van der Waals surface area contributed by atoms with Crippen molar-refractivity contribution in [3.8, 4) is 0 Å². The molecule has 0 saturated carbocycles. The molecule has 5 rings (SSSR count). The Morgan fingerprint density at radius 2 is 1.46 bits per heavy atom. The van der Waals surface area contributed by atoms with Crippen molar-refractivity contribution in [2.75, 3.05) is 6.61 Å². The molecule has 1 aliphatic heterocycles. The smallest absolute Gasteiger partial charge is 0.330 e. The van der Waals surface area contributed by atoms with Crippen LogP contribution in [0.5, 0.6) is 0 Å². The van der Waals surface area contributed by atoms with E-state index in [1.165, 1.54) is 10.8 Å². The molecule has 1 fully saturated rings. The summed E-state index contributed by atoms with van der Waals surface area (Å²) in [6.45, 7) is 1.52. The van der Waals surface area contributed by atoms with Gasteiger partial charge in [-0.3, -0.25) is 14.3 Å². The van der Waals surface area contributed by atoms with Crippen LogP contribution in [0.15, 0.2) is 107 Å². The molecule has 4 aromatic rings. The van der Waals surface area contributed by atoms with Crippen molar-refractivity contribution in [1.82, 2.24) is 9.55 Å². The Labute approximate surface area is 213 Å². The number of rotatable bonds is 7. The molecule has 1 aromatic heterocycles. The van der Waals surface area contributed by atoms with Gasteiger partial charge in [0.15, 0.2) is 0 Å². The first-order chi connectivity index (χ1) is 17.8. The molecule has 8 nitrogen and oxygen atoms in total. The summed E-state index contributed by atoms with van der Waals surface area (Å²) in [4.78, 5) is 26.5. The van der Waals surface area contributed by atoms with Gasteiger partial charge in [0, 0.05) is 18.2 Å². The maximum atomic E-state index is 12.4. The highest BCUT2D eigenvalue weighted by Gasteiger charge is 2.48. The summed E-state index contributed by atoms with van der Waals surface area (Å²) in [6.07, 6.45) is -0.465. The van der Waals surface area contributed by atoms with Gasteiger partial charge >= 0.3 is 5.69 Å². The van der Waals surface area contributed by atoms with Crippen molar-refractivity contribution < 1.29 is 14.6 Å². The number of nitrogens with one attached hydrogen (secondary N) is 1. The molecule has 0 aliphatic carbocycles. The Hall–Kier alpha value is -3.82. The first kappa shape index (κ1) is 24.9. The van der Waals surface area contributed by atoms with Gasteiger partial charge in [-0.2, -0.15) is 0 Å². The Kier molecular flexibility index (Phi) is 6.66. The molecular weight excluding hydrogens is 470 g/mol. The van der Waals surface area contributed by atoms with Crippen LogP contribution in [0.2, 0.25) is 0 Å². The van der Waals surface area contributed by atoms with Gasteiger partial charge in [0.25, 0.3) is 5.56 Å². The predicted molar refractivity (Wildman–Crippen MR) is 139 cm³/mol. The van der Waals surface area contributed by atoms with Crippen molar-refractivity contribution in [2.45, 2.75) is 37.0 Å². The largest absolute Gasteiger partial charge is 0.373 e. The number of aromatic nitrogens is 2. The number of hydrogen-bond donors (Lipinski definition) is 3. The fourth-order valence-corrected chi connectivity index (χ4v) is 4.88. The molecule has 2 heterocycles. The summed E-state index contributed by atoms with van der Waals surface area (Å²) < 4.78 is 14.1. The summed E-state index contributed by atoms with van der Waals surface area (Å²) in [5.74, 6) is 0. The van der Waals surface area contributed by atoms with E-state index in [1.807, 2.05) is 91.0 Å². The SMILES string of the molecule is Cc1cn([C@H]2C[C@](N)(O)[C@@H](COC(c3ccccc3)(c3ccccc3)c3ccccc3)O2)c(=O)[nH]c1=O. The van der Waals surface area contributed by atoms with Crippen molar-refractivity contribution in [1.29, 1.82) is 0 Å². The first-order valence-electron chi connectivity index (χ1n) is 12.1. The van der Waals surface area contributed by atoms with E-state index in [4.69, 9.17) is 15.2 Å². The zero-order valence-corrected chi connectivity index (χ0v) is 20.4. The van der Waals surface area contributed by atoms with E-state index >= 15 is 0 Å². The maximum Gasteiger partial charge on any atom is 0.330 e. The van der Waals surface area contributed by atoms with Crippen LogP contribution in [0.25, 0.3) is 0 Å². The second kappa shape index (κ2) is 9.91. The molecule has 4 N–H and O–H groups in total. The number of hydrogen-bond acceptors (Lipinski definition) is 6. The van der Waals surface area contributed by atoms with E-state index in [0.717, 1.165) is 16.7 Å². The topological polar surface area (TPSA) is 120 Å². The molecule has 0 bridgehead atoms. The van der Waals surface area contributed by atoms with Gasteiger partial charge in [-0.1, -0.05) is 91.0 Å². The average molecular weight is 500 g/mol. The highest BCUT2D eigenvalue weighted by Crippen LogP contribution is 2.42. The minimum Gasteiger partial charge on any atom is -0.373 e. The second-order valence-corrected chi connectivity index (χ2v) is 9.34. The Morgan fingerprint density at radius 3 is 1.95 bits per heavy atom. The van der Waals surface area contributed by atoms with Crippen LogP contribution in [0.1, 0.15) is 34.9 Å². The third-order valence-corrected chi connectivity index (χ3v) is 6.83. The molecule has 0 amide bonds. The van der Waals surface area contributed by atoms with Gasteiger partial charge in [-0.05, 0) is 23.6 Å². The number of aryl methyl sites for hydroxylation is 1. The quantitative estimate of drug-likeness (QED) is 0.266. The third kappa shape index (κ3) is 4.68. The fraction of sp³-hybridized carbons (Fsp3) is 0.241. The molecule has 1 aliphatic rings. The lowest BCUT2D eigenvalue weighted by atomic mass is 9.80. The Balaban J connectivity index is 1.53. The predicted octanol–water partition coefficient (Wildman–Crippen LogP) is 2.79. The number of aromatic amines is 1. The van der Waals surface area contributed by atoms with Gasteiger partial charge in [0.1, 0.15) is 23.7 Å². The lowest BCUT2D eigenvalue weighted by Gasteiger charge is -2.37. The molecule has 3 aromatic carbocycles. The first-order valence-corrected chi connectivity index (χ1v) is 12.1. The van der Waals surface area contributed by atoms with E-state index in [1.54, 1.807) is 6.92 Å². The summed E-state index contributed by atoms with van der Waals surface area (Å²) in [5.41, 5.74) is 5.42. The standard InChI is InChI=1S/C29H29N3O5/c1-20-18-32(27(34)31-26(20)33)25-17-28(30,35)24(37-25)19-36-29(21-11-5-2-6-12-21,22-13-7-3-8-14-22)23-15-9-4-10-16-23/h2-16,18,24-25,35H,17,19,30H2,1H3,(H,31,33,34)/t24-,25-,28+/m1/s1. The molecule has 1 saturated heterocycles. The molecule has 37 heavy (non-hydrogen) atoms. The molecule has 0 spiro atoms. The number of aliphatic hydroxyl groups is 1. The van der Waals surface area contributed by atoms with Crippen LogP contribution in [0, 0.1) is 6.92 Å². The Morgan fingerprint density at radius 1 is 0.973 bits per heavy atom. The lowest BCUT2D eigenvalue weighted by Crippen LogP contribution is -2.50. The van der Waals surface area contributed by atoms with E-state index in [9.17, 15) is 14.7 Å². The van der Waals surface area contributed by atoms with Crippen LogP contribution >= 0.6 is 0 Å². The summed E-state index contributed by atoms with van der Waals surface area (Å²) in [7, 11) is 0. The lowest BCUT2D eigenvalue weighted by molar-refractivity contribution is -0.119. The highest BCUT2D eigenvalue weighted by molar-refractivity contribution is 5.47. The molecule has 0 unspecified atom stereocenters. The van der Waals surface area contributed by atoms with Crippen LogP contribution in [-0.2, 0) is 15.1 Å². The molecule has 8 heteroatoms. The minimum absolute atomic E-state index is 0.0541. The van der Waals surface area contributed by atoms with Crippen molar-refractivity contribution in [2.24, 2.45) is 5.73 Å². The monoisotopic (exact) mass is 499 g/mol. The highest BCUT2D eigenvalue weighted by atomic mass is 16.6. The van der Waals surface area contributed by atoms with Crippen LogP contribution in [-0.4, -0.2) is 33.1 Å². The van der Waals surface area contributed by atoms with Crippen LogP contribution < -0.4 is 17.0 Å². The number of benzene rings is 3. The number of ether oxygens (including phenoxy) is 2. The number of nitrogens with two attached hydrogens (primary N) is 1. The normalized spacial score (nSPS) is 21.7. The summed E-state index contributed by atoms with van der Waals surface area (Å²) >= 11 is 0. The zero-order valence-electron chi connectivity index (χ0n) is 20.4. The summed E-state index contributed by atoms with van der Waals surface area (Å²) in [6, 6.07) is 29.5. The van der Waals surface area contributed by atoms with Crippen LogP contribution in [0.3, 0.4) is 0 Å². The Bertz CT molecular complexity index is 1370. The molecule has 190 valence electrons. The van der Waals surface area contributed by atoms with Crippen molar-refractivity contribution in [3.63, 3.8) is 0 Å². The van der Waals surface area contributed by atoms with Gasteiger partial charge in [0.2, 0.25) is 0 Å². The average Bonchev–Trinajstić information content (AvgIpc) is 3.22. The van der Waals surface area contributed by atoms with E-state index in [-0.39, 0.29) is 13.0 Å². The van der Waals surface area contributed by atoms with E-state index in [2.05, 4.69) is 4.98 Å². The third-order valence-electron chi connectivity index (χ3n) is 6.83. The fourth-order valence-electron chi connectivity index (χ4n) is 4.88. The van der Waals surface area contributed by atoms with Gasteiger partial charge in [0.05, 0.1) is 6.61 Å². The summed E-state index contributed by atoms with van der Waals surface area (Å²) in [5, 5.41) is 11.1. The van der Waals surface area contributed by atoms with Gasteiger partial charge in [-0.25, -0.2) is 4.79 Å². The van der Waals surface area contributed by atoms with Crippen molar-refractivity contribution in [3.05, 3.63) is 140 Å². The van der Waals surface area contributed by atoms with Gasteiger partial charge in [-0.15, -0.1) is 0 Å². The number of H-pyrrole nitrogens is 1. The molecule has 3 atom stereocenters. The maximum absolute atomic E-state index is 12.4. The van der Waals surface area contributed by atoms with E-state index in [0.29, 0.717) is 5.56 Å². The second-order valence-electron chi connectivity index (χ2n) is 9.34. The van der Waals surface area contributed by atoms with Crippen molar-refractivity contribution >= 4 is 0 Å². The molecule has 0 radical (unpaired) electrons. The zero-order chi connectivity index (χ0) is 26.0. The molecular formula is C29H29N3O5. The van der Waals surface area contributed by atoms with E-state index < -0.39 is 34.9 Å². The minimum atomic E-state index is -1.77.